The summed E-state index contributed by atoms with van der Waals surface area (Å²) in [6, 6.07) is 0. The average molecular weight is 216 g/mol. The fraction of sp³-hybridized carbons (Fsp3) is 0.667. The molecule has 0 amide bonds. The van der Waals surface area contributed by atoms with Crippen LogP contribution < -0.4 is 0 Å². The van der Waals surface area contributed by atoms with Crippen LogP contribution in [0.5, 0.6) is 0 Å². The fourth-order valence-electron chi connectivity index (χ4n) is 0.711. The first-order chi connectivity index (χ1) is 6.76. The number of hydrogen-bond acceptors (Lipinski definition) is 5. The van der Waals surface area contributed by atoms with Crippen LogP contribution in [-0.2, 0) is 23.7 Å². The first-order valence-electron chi connectivity index (χ1n) is 3.42. The molecular weight excluding hydrogens is 209 g/mol. The quantitative estimate of drug-likeness (QED) is 0.625. The molecule has 82 valence electrons. The number of alkyl halides is 3. The highest BCUT2D eigenvalue weighted by molar-refractivity contribution is 4.82. The van der Waals surface area contributed by atoms with Crippen LogP contribution in [0.4, 0.5) is 13.2 Å². The van der Waals surface area contributed by atoms with Crippen LogP contribution >= 0.6 is 0 Å². The molecule has 0 aromatic rings. The van der Waals surface area contributed by atoms with E-state index in [0.29, 0.717) is 0 Å². The molecular formula is C6H7F3O5. The third-order valence-electron chi connectivity index (χ3n) is 1.18. The van der Waals surface area contributed by atoms with Gasteiger partial charge < -0.3 is 14.2 Å². The Balaban J connectivity index is 2.50. The number of ether oxygens (including phenoxy) is 5. The van der Waals surface area contributed by atoms with Gasteiger partial charge in [0.15, 0.2) is 20.0 Å². The van der Waals surface area contributed by atoms with E-state index in [2.05, 4.69) is 23.7 Å². The second-order valence-electron chi connectivity index (χ2n) is 1.92. The minimum absolute atomic E-state index is 0.436. The lowest BCUT2D eigenvalue weighted by Gasteiger charge is -2.22. The van der Waals surface area contributed by atoms with E-state index in [1.54, 1.807) is 0 Å². The van der Waals surface area contributed by atoms with Crippen molar-refractivity contribution in [1.82, 2.24) is 0 Å². The van der Waals surface area contributed by atoms with Gasteiger partial charge in [0.2, 0.25) is 6.86 Å². The molecule has 0 spiro atoms. The second-order valence-corrected chi connectivity index (χ2v) is 1.92. The highest BCUT2D eigenvalue weighted by Gasteiger charge is 2.44. The summed E-state index contributed by atoms with van der Waals surface area (Å²) in [5.41, 5.74) is 0. The van der Waals surface area contributed by atoms with Crippen LogP contribution in [0.2, 0.25) is 0 Å². The molecule has 1 aliphatic rings. The topological polar surface area (TPSA) is 46.2 Å². The number of rotatable bonds is 6. The van der Waals surface area contributed by atoms with Crippen molar-refractivity contribution >= 4 is 0 Å². The van der Waals surface area contributed by atoms with Crippen molar-refractivity contribution in [2.24, 2.45) is 0 Å². The third-order valence-corrected chi connectivity index (χ3v) is 1.18. The van der Waals surface area contributed by atoms with E-state index >= 15 is 0 Å². The zero-order valence-electron chi connectivity index (χ0n) is 6.87. The van der Waals surface area contributed by atoms with Crippen molar-refractivity contribution < 1.29 is 36.9 Å². The van der Waals surface area contributed by atoms with Gasteiger partial charge in [-0.15, -0.1) is 0 Å². The van der Waals surface area contributed by atoms with Gasteiger partial charge in [-0.2, -0.15) is 0 Å². The highest BCUT2D eigenvalue weighted by Crippen LogP contribution is 2.28. The first-order valence-corrected chi connectivity index (χ1v) is 3.42. The molecule has 8 heteroatoms. The van der Waals surface area contributed by atoms with Crippen molar-refractivity contribution in [1.29, 1.82) is 0 Å². The van der Waals surface area contributed by atoms with E-state index in [-0.39, 0.29) is 0 Å². The SMILES string of the molecule is FCOC1=COC(OCF)(OCF)O1. The van der Waals surface area contributed by atoms with Gasteiger partial charge in [-0.3, -0.25) is 0 Å². The van der Waals surface area contributed by atoms with Crippen LogP contribution in [-0.4, -0.2) is 26.7 Å². The molecule has 0 fully saturated rings. The van der Waals surface area contributed by atoms with Gasteiger partial charge in [-0.25, -0.2) is 22.6 Å². The molecule has 0 atom stereocenters. The van der Waals surface area contributed by atoms with E-state index in [1.807, 2.05) is 0 Å². The lowest BCUT2D eigenvalue weighted by Crippen LogP contribution is -2.37. The second kappa shape index (κ2) is 4.91. The van der Waals surface area contributed by atoms with E-state index in [1.165, 1.54) is 0 Å². The number of hydrogen-bond donors (Lipinski definition) is 0. The van der Waals surface area contributed by atoms with Crippen LogP contribution in [0.1, 0.15) is 0 Å². The van der Waals surface area contributed by atoms with Gasteiger partial charge in [0.1, 0.15) is 0 Å². The maximum absolute atomic E-state index is 11.8. The molecule has 0 saturated carbocycles. The molecule has 1 rings (SSSR count). The van der Waals surface area contributed by atoms with E-state index in [4.69, 9.17) is 0 Å². The van der Waals surface area contributed by atoms with E-state index in [9.17, 15) is 13.2 Å². The van der Waals surface area contributed by atoms with Gasteiger partial charge in [0.05, 0.1) is 0 Å². The van der Waals surface area contributed by atoms with Gasteiger partial charge in [-0.1, -0.05) is 0 Å². The Bertz CT molecular complexity index is 204. The molecule has 0 unspecified atom stereocenters. The predicted molar refractivity (Wildman–Crippen MR) is 34.2 cm³/mol. The van der Waals surface area contributed by atoms with Gasteiger partial charge in [0.25, 0.3) is 0 Å². The minimum atomic E-state index is -2.37. The molecule has 0 aromatic carbocycles. The molecule has 1 heterocycles. The summed E-state index contributed by atoms with van der Waals surface area (Å²) in [7, 11) is 0. The van der Waals surface area contributed by atoms with Crippen molar-refractivity contribution in [3.05, 3.63) is 12.2 Å². The van der Waals surface area contributed by atoms with E-state index < -0.39 is 32.7 Å². The molecule has 0 radical (unpaired) electrons. The standard InChI is InChI=1S/C6H7F3O5/c7-2-10-5-1-11-6(14-5,12-3-8)13-4-9/h1H,2-4H2. The zero-order chi connectivity index (χ0) is 10.4. The zero-order valence-corrected chi connectivity index (χ0v) is 6.87. The molecule has 1 aliphatic heterocycles. The van der Waals surface area contributed by atoms with Gasteiger partial charge in [0, 0.05) is 0 Å². The summed E-state index contributed by atoms with van der Waals surface area (Å²) in [5, 5.41) is 0. The van der Waals surface area contributed by atoms with Crippen molar-refractivity contribution in [3.8, 4) is 0 Å². The Labute approximate surface area is 76.9 Å². The van der Waals surface area contributed by atoms with Gasteiger partial charge in [-0.05, 0) is 0 Å². The molecule has 0 aliphatic carbocycles. The van der Waals surface area contributed by atoms with E-state index in [0.717, 1.165) is 6.26 Å². The lowest BCUT2D eigenvalue weighted by atomic mass is 11.0. The van der Waals surface area contributed by atoms with Gasteiger partial charge >= 0.3 is 12.1 Å². The van der Waals surface area contributed by atoms with Crippen LogP contribution in [0.25, 0.3) is 0 Å². The molecule has 14 heavy (non-hydrogen) atoms. The smallest absolute Gasteiger partial charge is 0.431 e. The van der Waals surface area contributed by atoms with Crippen LogP contribution in [0.3, 0.4) is 0 Å². The lowest BCUT2D eigenvalue weighted by molar-refractivity contribution is -0.476. The maximum Gasteiger partial charge on any atom is 0.516 e. The molecule has 0 bridgehead atoms. The normalized spacial score (nSPS) is 18.4. The Kier molecular flexibility index (Phi) is 3.84. The Hall–Kier alpha value is -1.15. The monoisotopic (exact) mass is 216 g/mol. The Morgan fingerprint density at radius 2 is 1.79 bits per heavy atom. The number of halogens is 3. The Morgan fingerprint density at radius 1 is 1.14 bits per heavy atom. The molecule has 0 saturated heterocycles. The minimum Gasteiger partial charge on any atom is -0.431 e. The average Bonchev–Trinajstić information content (AvgIpc) is 2.51. The summed E-state index contributed by atoms with van der Waals surface area (Å²) < 4.78 is 56.8. The summed E-state index contributed by atoms with van der Waals surface area (Å²) in [5.74, 6) is -0.436. The fourth-order valence-corrected chi connectivity index (χ4v) is 0.711. The highest BCUT2D eigenvalue weighted by atomic mass is 19.1. The van der Waals surface area contributed by atoms with Crippen molar-refractivity contribution in [3.63, 3.8) is 0 Å². The molecule has 5 nitrogen and oxygen atoms in total. The summed E-state index contributed by atoms with van der Waals surface area (Å²) in [4.78, 5) is 0. The summed E-state index contributed by atoms with van der Waals surface area (Å²) in [6.07, 6.45) is -1.60. The summed E-state index contributed by atoms with van der Waals surface area (Å²) >= 11 is 0. The van der Waals surface area contributed by atoms with Crippen molar-refractivity contribution in [2.75, 3.05) is 20.6 Å². The van der Waals surface area contributed by atoms with Crippen molar-refractivity contribution in [2.45, 2.75) is 6.16 Å². The predicted octanol–water partition coefficient (Wildman–Crippen LogP) is 1.27. The molecule has 0 aromatic heterocycles. The Morgan fingerprint density at radius 3 is 2.29 bits per heavy atom. The molecule has 0 N–H and O–H groups in total. The van der Waals surface area contributed by atoms with Crippen LogP contribution in [0.15, 0.2) is 12.2 Å². The summed E-state index contributed by atoms with van der Waals surface area (Å²) in [6.45, 7) is -3.86. The maximum atomic E-state index is 11.8. The largest absolute Gasteiger partial charge is 0.516 e. The first kappa shape index (κ1) is 10.9. The van der Waals surface area contributed by atoms with Crippen LogP contribution in [0, 0.1) is 0 Å². The third kappa shape index (κ3) is 2.42.